The van der Waals surface area contributed by atoms with E-state index in [9.17, 15) is 9.90 Å². The Morgan fingerprint density at radius 1 is 1.13 bits per heavy atom. The maximum Gasteiger partial charge on any atom is 0.286 e. The van der Waals surface area contributed by atoms with Gasteiger partial charge in [-0.2, -0.15) is 0 Å². The van der Waals surface area contributed by atoms with E-state index < -0.39 is 5.60 Å². The van der Waals surface area contributed by atoms with Gasteiger partial charge in [-0.05, 0) is 49.7 Å². The van der Waals surface area contributed by atoms with Crippen LogP contribution in [0.1, 0.15) is 23.5 Å². The summed E-state index contributed by atoms with van der Waals surface area (Å²) in [7, 11) is 1.52. The third-order valence-corrected chi connectivity index (χ3v) is 5.97. The van der Waals surface area contributed by atoms with Gasteiger partial charge >= 0.3 is 0 Å². The van der Waals surface area contributed by atoms with Crippen LogP contribution in [0.2, 0.25) is 5.02 Å². The Hall–Kier alpha value is -2.78. The predicted octanol–water partition coefficient (Wildman–Crippen LogP) is 4.72. The number of hydrazine groups is 2. The second-order valence-electron chi connectivity index (χ2n) is 7.67. The molecule has 9 heteroatoms. The van der Waals surface area contributed by atoms with Gasteiger partial charge in [-0.15, -0.1) is 16.9 Å². The lowest BCUT2D eigenvalue weighted by molar-refractivity contribution is 0.0276. The highest BCUT2D eigenvalue weighted by Crippen LogP contribution is 2.39. The highest BCUT2D eigenvalue weighted by atomic mass is 35.5. The van der Waals surface area contributed by atoms with Gasteiger partial charge < -0.3 is 20.0 Å². The molecule has 162 valence electrons. The number of amides is 1. The fourth-order valence-electron chi connectivity index (χ4n) is 3.02. The summed E-state index contributed by atoms with van der Waals surface area (Å²) in [5, 5.41) is 12.0. The van der Waals surface area contributed by atoms with Crippen LogP contribution in [0.15, 0.2) is 48.5 Å². The van der Waals surface area contributed by atoms with Crippen molar-refractivity contribution in [3.8, 4) is 21.9 Å². The molecular weight excluding hydrogens is 438 g/mol. The Kier molecular flexibility index (Phi) is 5.81. The Bertz CT molecular complexity index is 1110. The smallest absolute Gasteiger partial charge is 0.286 e. The zero-order valence-electron chi connectivity index (χ0n) is 17.2. The maximum atomic E-state index is 13.2. The van der Waals surface area contributed by atoms with Crippen LogP contribution < -0.4 is 25.4 Å². The molecule has 3 aromatic rings. The number of hydrogen-bond donors (Lipinski definition) is 3. The number of carbonyl (C=O) groups excluding carboxylic acids is 1. The van der Waals surface area contributed by atoms with E-state index in [0.717, 1.165) is 10.4 Å². The van der Waals surface area contributed by atoms with Crippen LogP contribution in [0.25, 0.3) is 10.4 Å². The molecule has 2 heterocycles. The highest BCUT2D eigenvalue weighted by Gasteiger charge is 2.29. The van der Waals surface area contributed by atoms with E-state index in [4.69, 9.17) is 21.1 Å². The molecule has 3 N–H and O–H groups in total. The van der Waals surface area contributed by atoms with Crippen molar-refractivity contribution in [2.45, 2.75) is 19.4 Å². The van der Waals surface area contributed by atoms with Gasteiger partial charge in [-0.25, -0.2) is 5.01 Å². The lowest BCUT2D eigenvalue weighted by atomic mass is 10.1. The van der Waals surface area contributed by atoms with Crippen LogP contribution in [-0.4, -0.2) is 30.3 Å². The number of benzene rings is 2. The summed E-state index contributed by atoms with van der Waals surface area (Å²) in [4.78, 5) is 14.7. The topological polar surface area (TPSA) is 83.1 Å². The summed E-state index contributed by atoms with van der Waals surface area (Å²) in [6.07, 6.45) is 0. The van der Waals surface area contributed by atoms with Crippen molar-refractivity contribution in [2.75, 3.05) is 24.2 Å². The first-order valence-electron chi connectivity index (χ1n) is 9.54. The van der Waals surface area contributed by atoms with Crippen molar-refractivity contribution in [2.24, 2.45) is 0 Å². The molecular formula is C22H22ClN3O4S. The minimum atomic E-state index is -0.977. The number of nitrogens with zero attached hydrogens (tertiary/aromatic N) is 1. The first-order chi connectivity index (χ1) is 14.7. The maximum absolute atomic E-state index is 13.2. The molecule has 0 fully saturated rings. The van der Waals surface area contributed by atoms with Gasteiger partial charge in [0, 0.05) is 16.0 Å². The van der Waals surface area contributed by atoms with Gasteiger partial charge in [0.05, 0.1) is 24.1 Å². The van der Waals surface area contributed by atoms with E-state index in [0.29, 0.717) is 32.8 Å². The second-order valence-corrected chi connectivity index (χ2v) is 9.16. The van der Waals surface area contributed by atoms with Crippen LogP contribution in [0.3, 0.4) is 0 Å². The van der Waals surface area contributed by atoms with Crippen LogP contribution in [0.5, 0.6) is 11.5 Å². The molecule has 0 atom stereocenters. The van der Waals surface area contributed by atoms with E-state index in [1.54, 1.807) is 32.0 Å². The van der Waals surface area contributed by atoms with Crippen molar-refractivity contribution in [3.63, 3.8) is 0 Å². The Morgan fingerprint density at radius 3 is 2.55 bits per heavy atom. The largest absolute Gasteiger partial charge is 0.493 e. The molecule has 0 radical (unpaired) electrons. The van der Waals surface area contributed by atoms with Crippen molar-refractivity contribution in [3.05, 3.63) is 58.4 Å². The summed E-state index contributed by atoms with van der Waals surface area (Å²) in [5.41, 5.74) is 7.31. The molecule has 2 aromatic carbocycles. The number of nitrogens with one attached hydrogen (secondary N) is 2. The minimum Gasteiger partial charge on any atom is -0.493 e. The van der Waals surface area contributed by atoms with Gasteiger partial charge in [-0.3, -0.25) is 4.79 Å². The number of fused-ring (bicyclic) bond motifs is 1. The summed E-state index contributed by atoms with van der Waals surface area (Å²) in [5.74, 6) is 0.744. The minimum absolute atomic E-state index is 0.108. The number of carbonyl (C=O) groups is 1. The summed E-state index contributed by atoms with van der Waals surface area (Å²) < 4.78 is 11.1. The second kappa shape index (κ2) is 8.39. The van der Waals surface area contributed by atoms with Gasteiger partial charge in [-0.1, -0.05) is 23.7 Å². The molecule has 4 rings (SSSR count). The third kappa shape index (κ3) is 4.62. The number of anilines is 2. The lowest BCUT2D eigenvalue weighted by Crippen LogP contribution is -2.49. The Labute approximate surface area is 189 Å². The molecule has 0 aliphatic carbocycles. The highest BCUT2D eigenvalue weighted by molar-refractivity contribution is 7.18. The van der Waals surface area contributed by atoms with Crippen LogP contribution in [0.4, 0.5) is 11.4 Å². The number of hydrogen-bond acceptors (Lipinski definition) is 7. The molecule has 7 nitrogen and oxygen atoms in total. The third-order valence-electron chi connectivity index (χ3n) is 4.55. The molecule has 0 unspecified atom stereocenters. The van der Waals surface area contributed by atoms with Crippen molar-refractivity contribution >= 4 is 40.2 Å². The van der Waals surface area contributed by atoms with Crippen LogP contribution in [-0.2, 0) is 0 Å². The quantitative estimate of drug-likeness (QED) is 0.494. The predicted molar refractivity (Wildman–Crippen MR) is 123 cm³/mol. The molecule has 0 saturated carbocycles. The summed E-state index contributed by atoms with van der Waals surface area (Å²) in [6.45, 7) is 3.43. The van der Waals surface area contributed by atoms with Gasteiger partial charge in [0.25, 0.3) is 5.91 Å². The number of ether oxygens (including phenoxy) is 2. The van der Waals surface area contributed by atoms with E-state index in [2.05, 4.69) is 11.0 Å². The van der Waals surface area contributed by atoms with Gasteiger partial charge in [0.1, 0.15) is 11.5 Å². The van der Waals surface area contributed by atoms with Gasteiger partial charge in [0.15, 0.2) is 11.5 Å². The van der Waals surface area contributed by atoms with Crippen LogP contribution >= 0.6 is 22.9 Å². The average molecular weight is 460 g/mol. The van der Waals surface area contributed by atoms with E-state index in [1.807, 2.05) is 30.3 Å². The molecule has 1 amide bonds. The molecule has 0 bridgehead atoms. The monoisotopic (exact) mass is 459 g/mol. The molecule has 1 aliphatic rings. The molecule has 1 aliphatic heterocycles. The fraction of sp³-hybridized carbons (Fsp3) is 0.227. The zero-order chi connectivity index (χ0) is 22.2. The molecule has 31 heavy (non-hydrogen) atoms. The van der Waals surface area contributed by atoms with Crippen molar-refractivity contribution in [1.82, 2.24) is 5.53 Å². The standard InChI is InChI=1S/C22H22ClN3O4S/c1-22(2,28)12-30-17-9-8-15(10-18(17)29-3)26-21(27)20-16(24-25-26)11-19(31-20)13-4-6-14(23)7-5-13/h4-11,24-25,28H,12H2,1-3H3. The SMILES string of the molecule is COc1cc(N2NNc3cc(-c4ccc(Cl)cc4)sc3C2=O)ccc1OCC(C)(C)O. The Balaban J connectivity index is 1.58. The Morgan fingerprint density at radius 2 is 1.87 bits per heavy atom. The average Bonchev–Trinajstić information content (AvgIpc) is 3.18. The summed E-state index contributed by atoms with van der Waals surface area (Å²) >= 11 is 7.38. The summed E-state index contributed by atoms with van der Waals surface area (Å²) in [6, 6.07) is 14.6. The molecule has 0 spiro atoms. The van der Waals surface area contributed by atoms with E-state index in [-0.39, 0.29) is 12.5 Å². The molecule has 0 saturated heterocycles. The van der Waals surface area contributed by atoms with Crippen LogP contribution in [0, 0.1) is 0 Å². The first kappa shape index (κ1) is 21.5. The number of methoxy groups -OCH3 is 1. The number of aliphatic hydroxyl groups is 1. The zero-order valence-corrected chi connectivity index (χ0v) is 18.8. The van der Waals surface area contributed by atoms with Gasteiger partial charge in [0.2, 0.25) is 0 Å². The number of thiophene rings is 1. The van der Waals surface area contributed by atoms with Crippen molar-refractivity contribution < 1.29 is 19.4 Å². The first-order valence-corrected chi connectivity index (χ1v) is 10.7. The van der Waals surface area contributed by atoms with E-state index >= 15 is 0 Å². The van der Waals surface area contributed by atoms with Crippen molar-refractivity contribution in [1.29, 1.82) is 0 Å². The lowest BCUT2D eigenvalue weighted by Gasteiger charge is -2.28. The normalized spacial score (nSPS) is 13.6. The molecule has 1 aromatic heterocycles. The fourth-order valence-corrected chi connectivity index (χ4v) is 4.19. The number of rotatable bonds is 6. The van der Waals surface area contributed by atoms with E-state index in [1.165, 1.54) is 23.5 Å². The number of halogens is 1.